The van der Waals surface area contributed by atoms with Gasteiger partial charge in [-0.3, -0.25) is 0 Å². The third-order valence-electron chi connectivity index (χ3n) is 7.36. The van der Waals surface area contributed by atoms with E-state index in [9.17, 15) is 4.79 Å². The molecule has 5 rings (SSSR count). The van der Waals surface area contributed by atoms with E-state index in [0.717, 1.165) is 40.5 Å². The van der Waals surface area contributed by atoms with Crippen LogP contribution in [0.5, 0.6) is 0 Å². The van der Waals surface area contributed by atoms with Crippen molar-refractivity contribution < 1.29 is 14.3 Å². The van der Waals surface area contributed by atoms with E-state index >= 15 is 0 Å². The lowest BCUT2D eigenvalue weighted by Gasteiger charge is -2.27. The van der Waals surface area contributed by atoms with Crippen LogP contribution >= 0.6 is 0 Å². The number of methoxy groups -OCH3 is 1. The Bertz CT molecular complexity index is 1220. The van der Waals surface area contributed by atoms with E-state index in [1.54, 1.807) is 12.0 Å². The van der Waals surface area contributed by atoms with Crippen molar-refractivity contribution in [2.75, 3.05) is 25.6 Å². The molecule has 2 heterocycles. The maximum absolute atomic E-state index is 12.7. The average Bonchev–Trinajstić information content (AvgIpc) is 3.59. The number of aromatic nitrogens is 4. The minimum atomic E-state index is -0.543. The van der Waals surface area contributed by atoms with Gasteiger partial charge in [0.25, 0.3) is 0 Å². The highest BCUT2D eigenvalue weighted by molar-refractivity contribution is 5.75. The largest absolute Gasteiger partial charge is 0.444 e. The number of nitrogens with one attached hydrogen (secondary N) is 1. The van der Waals surface area contributed by atoms with Crippen LogP contribution in [-0.2, 0) is 16.0 Å². The zero-order valence-electron chi connectivity index (χ0n) is 22.3. The lowest BCUT2D eigenvalue weighted by molar-refractivity contribution is 0.0218. The Morgan fingerprint density at radius 1 is 1.16 bits per heavy atom. The molecule has 2 aromatic heterocycles. The summed E-state index contributed by atoms with van der Waals surface area (Å²) in [6.45, 7) is 7.25. The molecule has 1 amide bonds. The molecule has 1 N–H and O–H groups in total. The molecule has 0 unspecified atom stereocenters. The van der Waals surface area contributed by atoms with Crippen molar-refractivity contribution in [3.63, 3.8) is 0 Å². The van der Waals surface area contributed by atoms with Gasteiger partial charge in [-0.1, -0.05) is 18.6 Å². The molecule has 3 aromatic rings. The van der Waals surface area contributed by atoms with Crippen molar-refractivity contribution in [1.82, 2.24) is 24.6 Å². The van der Waals surface area contributed by atoms with Gasteiger partial charge >= 0.3 is 6.09 Å². The standard InChI is InChI=1S/C28H38N6O3/c1-28(2,3)37-27(35)33(12-5-13-36-4)18-19-7-10-23(11-8-19)31-26-29-16-22-17-30-34(25(22)32-26)24-15-20-6-9-21(24)14-20/h7-8,10-11,16-17,20-21,24H,5-6,9,12-15,18H2,1-4H3,(H,29,31,32)/t20-,21+,24+/m1/s1. The number of amides is 1. The molecule has 3 atom stereocenters. The van der Waals surface area contributed by atoms with Gasteiger partial charge < -0.3 is 19.7 Å². The second-order valence-electron chi connectivity index (χ2n) is 11.4. The Hall–Kier alpha value is -3.20. The molecule has 2 saturated carbocycles. The minimum Gasteiger partial charge on any atom is -0.444 e. The molecule has 2 bridgehead atoms. The van der Waals surface area contributed by atoms with Crippen LogP contribution in [0.15, 0.2) is 36.7 Å². The number of nitrogens with zero attached hydrogens (tertiary/aromatic N) is 5. The Balaban J connectivity index is 1.26. The van der Waals surface area contributed by atoms with Crippen molar-refractivity contribution >= 4 is 28.8 Å². The van der Waals surface area contributed by atoms with Crippen molar-refractivity contribution in [3.05, 3.63) is 42.2 Å². The molecule has 2 aliphatic rings. The van der Waals surface area contributed by atoms with Crippen molar-refractivity contribution in [3.8, 4) is 0 Å². The third-order valence-corrected chi connectivity index (χ3v) is 7.36. The van der Waals surface area contributed by atoms with Gasteiger partial charge in [-0.15, -0.1) is 0 Å². The summed E-state index contributed by atoms with van der Waals surface area (Å²) in [7, 11) is 1.66. The highest BCUT2D eigenvalue weighted by Crippen LogP contribution is 2.50. The monoisotopic (exact) mass is 506 g/mol. The zero-order valence-corrected chi connectivity index (χ0v) is 22.3. The first-order valence-electron chi connectivity index (χ1n) is 13.3. The molecule has 9 nitrogen and oxygen atoms in total. The lowest BCUT2D eigenvalue weighted by atomic mass is 9.95. The number of carbonyl (C=O) groups is 1. The summed E-state index contributed by atoms with van der Waals surface area (Å²) in [5.41, 5.74) is 2.26. The Labute approximate surface area is 218 Å². The van der Waals surface area contributed by atoms with E-state index in [1.807, 2.05) is 57.4 Å². The Morgan fingerprint density at radius 3 is 2.65 bits per heavy atom. The van der Waals surface area contributed by atoms with E-state index < -0.39 is 5.60 Å². The quantitative estimate of drug-likeness (QED) is 0.372. The van der Waals surface area contributed by atoms with Crippen molar-refractivity contribution in [1.29, 1.82) is 0 Å². The van der Waals surface area contributed by atoms with E-state index in [2.05, 4.69) is 20.1 Å². The van der Waals surface area contributed by atoms with Crippen molar-refractivity contribution in [2.45, 2.75) is 71.1 Å². The van der Waals surface area contributed by atoms with Crippen molar-refractivity contribution in [2.24, 2.45) is 11.8 Å². The highest BCUT2D eigenvalue weighted by atomic mass is 16.6. The molecule has 37 heavy (non-hydrogen) atoms. The summed E-state index contributed by atoms with van der Waals surface area (Å²) in [5.74, 6) is 2.13. The first-order chi connectivity index (χ1) is 17.8. The molecule has 0 spiro atoms. The topological polar surface area (TPSA) is 94.4 Å². The molecule has 0 aliphatic heterocycles. The van der Waals surface area contributed by atoms with Gasteiger partial charge in [0.05, 0.1) is 17.6 Å². The van der Waals surface area contributed by atoms with Crippen LogP contribution in [0.1, 0.15) is 64.5 Å². The lowest BCUT2D eigenvalue weighted by Crippen LogP contribution is -2.37. The first kappa shape index (κ1) is 25.4. The van der Waals surface area contributed by atoms with Gasteiger partial charge in [0.15, 0.2) is 5.65 Å². The number of fused-ring (bicyclic) bond motifs is 3. The van der Waals surface area contributed by atoms with Crippen LogP contribution in [-0.4, -0.2) is 56.6 Å². The van der Waals surface area contributed by atoms with E-state index in [1.165, 1.54) is 25.7 Å². The van der Waals surface area contributed by atoms with Gasteiger partial charge in [0.2, 0.25) is 5.95 Å². The van der Waals surface area contributed by atoms with E-state index in [0.29, 0.717) is 31.7 Å². The van der Waals surface area contributed by atoms with Crippen LogP contribution < -0.4 is 5.32 Å². The molecule has 9 heteroatoms. The fraction of sp³-hybridized carbons (Fsp3) is 0.571. The molecule has 198 valence electrons. The summed E-state index contributed by atoms with van der Waals surface area (Å²) < 4.78 is 12.9. The molecular weight excluding hydrogens is 468 g/mol. The van der Waals surface area contributed by atoms with Crippen LogP contribution in [0.4, 0.5) is 16.4 Å². The summed E-state index contributed by atoms with van der Waals surface area (Å²) in [5, 5.41) is 8.98. The van der Waals surface area contributed by atoms with Crippen LogP contribution in [0, 0.1) is 11.8 Å². The van der Waals surface area contributed by atoms with Crippen LogP contribution in [0.3, 0.4) is 0 Å². The number of hydrogen-bond donors (Lipinski definition) is 1. The predicted octanol–water partition coefficient (Wildman–Crippen LogP) is 5.70. The summed E-state index contributed by atoms with van der Waals surface area (Å²) in [6, 6.07) is 8.44. The maximum atomic E-state index is 12.7. The fourth-order valence-corrected chi connectivity index (χ4v) is 5.65. The van der Waals surface area contributed by atoms with Crippen LogP contribution in [0.25, 0.3) is 11.0 Å². The fourth-order valence-electron chi connectivity index (χ4n) is 5.65. The second kappa shape index (κ2) is 10.7. The third kappa shape index (κ3) is 6.04. The molecule has 2 aliphatic carbocycles. The normalized spacial score (nSPS) is 20.9. The molecule has 2 fully saturated rings. The number of anilines is 2. The zero-order chi connectivity index (χ0) is 26.0. The number of ether oxygens (including phenoxy) is 2. The maximum Gasteiger partial charge on any atom is 0.410 e. The smallest absolute Gasteiger partial charge is 0.410 e. The molecule has 1 aromatic carbocycles. The summed E-state index contributed by atoms with van der Waals surface area (Å²) >= 11 is 0. The van der Waals surface area contributed by atoms with Gasteiger partial charge in [-0.05, 0) is 76.0 Å². The number of benzene rings is 1. The second-order valence-corrected chi connectivity index (χ2v) is 11.4. The molecule has 0 saturated heterocycles. The minimum absolute atomic E-state index is 0.320. The summed E-state index contributed by atoms with van der Waals surface area (Å²) in [4.78, 5) is 23.8. The number of carbonyl (C=O) groups excluding carboxylic acids is 1. The van der Waals surface area contributed by atoms with Gasteiger partial charge in [0, 0.05) is 38.7 Å². The first-order valence-corrected chi connectivity index (χ1v) is 13.3. The Kier molecular flexibility index (Phi) is 7.33. The van der Waals surface area contributed by atoms with Gasteiger partial charge in [-0.25, -0.2) is 14.5 Å². The predicted molar refractivity (Wildman–Crippen MR) is 143 cm³/mol. The van der Waals surface area contributed by atoms with Gasteiger partial charge in [-0.2, -0.15) is 10.1 Å². The summed E-state index contributed by atoms with van der Waals surface area (Å²) in [6.07, 6.45) is 9.34. The van der Waals surface area contributed by atoms with E-state index in [-0.39, 0.29) is 6.09 Å². The average molecular weight is 507 g/mol. The number of hydrogen-bond acceptors (Lipinski definition) is 7. The SMILES string of the molecule is COCCCN(Cc1ccc(Nc2ncc3cnn([C@H]4C[C@@H]5CC[C@H]4C5)c3n2)cc1)C(=O)OC(C)(C)C. The molecule has 0 radical (unpaired) electrons. The number of rotatable bonds is 9. The Morgan fingerprint density at radius 2 is 1.97 bits per heavy atom. The van der Waals surface area contributed by atoms with Gasteiger partial charge in [0.1, 0.15) is 5.60 Å². The molecular formula is C28H38N6O3. The van der Waals surface area contributed by atoms with E-state index in [4.69, 9.17) is 14.5 Å². The highest BCUT2D eigenvalue weighted by Gasteiger charge is 2.41. The van der Waals surface area contributed by atoms with Crippen LogP contribution in [0.2, 0.25) is 0 Å².